The van der Waals surface area contributed by atoms with Gasteiger partial charge in [0.2, 0.25) is 5.91 Å². The zero-order valence-electron chi connectivity index (χ0n) is 16.3. The number of rotatable bonds is 10. The van der Waals surface area contributed by atoms with E-state index in [0.717, 1.165) is 5.56 Å². The lowest BCUT2D eigenvalue weighted by atomic mass is 10.0. The number of nitriles is 1. The molecule has 1 aromatic rings. The Bertz CT molecular complexity index is 700. The predicted molar refractivity (Wildman–Crippen MR) is 102 cm³/mol. The second-order valence-corrected chi connectivity index (χ2v) is 7.05. The molecule has 1 aromatic carbocycles. The van der Waals surface area contributed by atoms with Crippen LogP contribution in [0.5, 0.6) is 0 Å². The van der Waals surface area contributed by atoms with E-state index in [1.54, 1.807) is 19.1 Å². The van der Waals surface area contributed by atoms with Crippen molar-refractivity contribution >= 4 is 18.0 Å². The number of hydrogen-bond acceptors (Lipinski definition) is 5. The van der Waals surface area contributed by atoms with Crippen LogP contribution in [-0.4, -0.2) is 35.2 Å². The third-order valence-corrected chi connectivity index (χ3v) is 3.95. The van der Waals surface area contributed by atoms with Crippen LogP contribution in [0.25, 0.3) is 0 Å². The van der Waals surface area contributed by atoms with Crippen molar-refractivity contribution < 1.29 is 24.2 Å². The Morgan fingerprint density at radius 1 is 1.07 bits per heavy atom. The molecule has 8 nitrogen and oxygen atoms in total. The fourth-order valence-corrected chi connectivity index (χ4v) is 2.51. The van der Waals surface area contributed by atoms with Crippen molar-refractivity contribution in [3.63, 3.8) is 0 Å². The molecule has 0 unspecified atom stereocenters. The molecule has 0 fully saturated rings. The average molecular weight is 389 g/mol. The molecule has 0 saturated carbocycles. The minimum Gasteiger partial charge on any atom is -0.480 e. The highest BCUT2D eigenvalue weighted by Gasteiger charge is 2.28. The van der Waals surface area contributed by atoms with E-state index >= 15 is 0 Å². The fourth-order valence-electron chi connectivity index (χ4n) is 2.51. The Morgan fingerprint density at radius 3 is 2.25 bits per heavy atom. The predicted octanol–water partition coefficient (Wildman–Crippen LogP) is 2.45. The first-order valence-corrected chi connectivity index (χ1v) is 9.13. The van der Waals surface area contributed by atoms with Crippen molar-refractivity contribution in [2.75, 3.05) is 0 Å². The van der Waals surface area contributed by atoms with Gasteiger partial charge in [0.05, 0.1) is 6.07 Å². The van der Waals surface area contributed by atoms with Gasteiger partial charge >= 0.3 is 12.1 Å². The lowest BCUT2D eigenvalue weighted by molar-refractivity contribution is -0.142. The summed E-state index contributed by atoms with van der Waals surface area (Å²) < 4.78 is 5.14. The molecule has 3 atom stereocenters. The van der Waals surface area contributed by atoms with Crippen molar-refractivity contribution in [1.29, 1.82) is 5.26 Å². The highest BCUT2D eigenvalue weighted by atomic mass is 16.5. The molecule has 0 aliphatic rings. The lowest BCUT2D eigenvalue weighted by Crippen LogP contribution is -2.52. The number of carboxylic acid groups (broad SMARTS) is 1. The number of nitrogens with zero attached hydrogens (tertiary/aromatic N) is 1. The maximum Gasteiger partial charge on any atom is 0.408 e. The molecule has 0 spiro atoms. The molecule has 0 heterocycles. The van der Waals surface area contributed by atoms with Gasteiger partial charge in [0.15, 0.2) is 0 Å². The van der Waals surface area contributed by atoms with E-state index in [4.69, 9.17) is 10.00 Å². The third-order valence-electron chi connectivity index (χ3n) is 3.95. The molecule has 1 rings (SSSR count). The summed E-state index contributed by atoms with van der Waals surface area (Å²) in [7, 11) is 0. The van der Waals surface area contributed by atoms with Crippen LogP contribution in [0.1, 0.15) is 39.2 Å². The van der Waals surface area contributed by atoms with Crippen LogP contribution in [-0.2, 0) is 20.9 Å². The summed E-state index contributed by atoms with van der Waals surface area (Å²) in [6.45, 7) is 5.39. The zero-order chi connectivity index (χ0) is 21.1. The van der Waals surface area contributed by atoms with Crippen molar-refractivity contribution in [2.24, 2.45) is 11.8 Å². The fraction of sp³-hybridized carbons (Fsp3) is 0.500. The van der Waals surface area contributed by atoms with Gasteiger partial charge in [-0.15, -0.1) is 0 Å². The summed E-state index contributed by atoms with van der Waals surface area (Å²) in [5.41, 5.74) is 0.805. The highest BCUT2D eigenvalue weighted by Crippen LogP contribution is 2.09. The Morgan fingerprint density at radius 2 is 1.71 bits per heavy atom. The van der Waals surface area contributed by atoms with Gasteiger partial charge in [-0.05, 0) is 31.2 Å². The Kier molecular flexibility index (Phi) is 9.51. The molecular formula is C20H27N3O5. The van der Waals surface area contributed by atoms with E-state index in [1.807, 2.05) is 38.1 Å². The first kappa shape index (κ1) is 23.0. The number of hydrogen-bond donors (Lipinski definition) is 3. The van der Waals surface area contributed by atoms with Crippen LogP contribution < -0.4 is 10.6 Å². The van der Waals surface area contributed by atoms with Gasteiger partial charge in [-0.2, -0.15) is 5.26 Å². The van der Waals surface area contributed by atoms with Gasteiger partial charge in [-0.3, -0.25) is 4.79 Å². The summed E-state index contributed by atoms with van der Waals surface area (Å²) in [4.78, 5) is 36.0. The average Bonchev–Trinajstić information content (AvgIpc) is 2.65. The normalized spacial score (nSPS) is 13.7. The van der Waals surface area contributed by atoms with Crippen LogP contribution in [0.4, 0.5) is 4.79 Å². The van der Waals surface area contributed by atoms with E-state index in [2.05, 4.69) is 10.6 Å². The van der Waals surface area contributed by atoms with Gasteiger partial charge in [0.1, 0.15) is 18.7 Å². The van der Waals surface area contributed by atoms with Crippen LogP contribution in [0.3, 0.4) is 0 Å². The Balaban J connectivity index is 2.71. The summed E-state index contributed by atoms with van der Waals surface area (Å²) in [5, 5.41) is 23.1. The van der Waals surface area contributed by atoms with E-state index in [0.29, 0.717) is 6.42 Å². The first-order chi connectivity index (χ1) is 13.2. The molecule has 2 amide bonds. The number of aliphatic carboxylic acids is 1. The largest absolute Gasteiger partial charge is 0.480 e. The van der Waals surface area contributed by atoms with E-state index in [9.17, 15) is 19.5 Å². The molecule has 0 radical (unpaired) electrons. The van der Waals surface area contributed by atoms with Crippen LogP contribution in [0.15, 0.2) is 30.3 Å². The quantitative estimate of drug-likeness (QED) is 0.564. The number of carboxylic acids is 1. The molecule has 152 valence electrons. The minimum absolute atomic E-state index is 0.0234. The number of ether oxygens (including phenoxy) is 1. The molecule has 0 aliphatic carbocycles. The van der Waals surface area contributed by atoms with Gasteiger partial charge < -0.3 is 20.5 Å². The standard InChI is InChI=1S/C20H27N3O5/c1-13(2)9-16(18(24)22-17(19(25)26)10-14(3)11-21)23-20(27)28-12-15-7-5-4-6-8-15/h4-8,13-14,16-17H,9-10,12H2,1-3H3,(H,22,24)(H,23,27)(H,25,26)/t14-,16+,17-/m1/s1. The molecule has 28 heavy (non-hydrogen) atoms. The smallest absolute Gasteiger partial charge is 0.408 e. The maximum atomic E-state index is 12.5. The number of nitrogens with one attached hydrogen (secondary N) is 2. The number of carbonyl (C=O) groups excluding carboxylic acids is 2. The Hall–Kier alpha value is -3.08. The highest BCUT2D eigenvalue weighted by molar-refractivity contribution is 5.89. The second kappa shape index (κ2) is 11.6. The summed E-state index contributed by atoms with van der Waals surface area (Å²) >= 11 is 0. The molecule has 0 aromatic heterocycles. The number of alkyl carbamates (subject to hydrolysis) is 1. The van der Waals surface area contributed by atoms with Crippen LogP contribution in [0.2, 0.25) is 0 Å². The molecule has 0 aliphatic heterocycles. The lowest BCUT2D eigenvalue weighted by Gasteiger charge is -2.23. The van der Waals surface area contributed by atoms with E-state index in [1.165, 1.54) is 0 Å². The van der Waals surface area contributed by atoms with Crippen LogP contribution in [0, 0.1) is 23.2 Å². The summed E-state index contributed by atoms with van der Waals surface area (Å²) in [6, 6.07) is 8.89. The van der Waals surface area contributed by atoms with E-state index < -0.39 is 36.0 Å². The third kappa shape index (κ3) is 8.54. The van der Waals surface area contributed by atoms with Crippen molar-refractivity contribution in [3.05, 3.63) is 35.9 Å². The number of amides is 2. The van der Waals surface area contributed by atoms with Gasteiger partial charge in [0, 0.05) is 5.92 Å². The van der Waals surface area contributed by atoms with Crippen molar-refractivity contribution in [3.8, 4) is 6.07 Å². The first-order valence-electron chi connectivity index (χ1n) is 9.13. The minimum atomic E-state index is -1.23. The molecule has 3 N–H and O–H groups in total. The summed E-state index contributed by atoms with van der Waals surface area (Å²) in [6.07, 6.45) is -0.474. The number of benzene rings is 1. The second-order valence-electron chi connectivity index (χ2n) is 7.05. The molecular weight excluding hydrogens is 362 g/mol. The zero-order valence-corrected chi connectivity index (χ0v) is 16.3. The SMILES string of the molecule is CC(C)C[C@H](NC(=O)OCc1ccccc1)C(=O)N[C@H](C[C@@H](C)C#N)C(=O)O. The molecule has 0 bridgehead atoms. The van der Waals surface area contributed by atoms with Crippen molar-refractivity contribution in [1.82, 2.24) is 10.6 Å². The maximum absolute atomic E-state index is 12.5. The van der Waals surface area contributed by atoms with Gasteiger partial charge in [-0.25, -0.2) is 9.59 Å². The van der Waals surface area contributed by atoms with E-state index in [-0.39, 0.29) is 18.9 Å². The monoisotopic (exact) mass is 389 g/mol. The Labute approximate surface area is 164 Å². The van der Waals surface area contributed by atoms with Crippen LogP contribution >= 0.6 is 0 Å². The van der Waals surface area contributed by atoms with Gasteiger partial charge in [0.25, 0.3) is 0 Å². The molecule has 8 heteroatoms. The number of carbonyl (C=O) groups is 3. The van der Waals surface area contributed by atoms with Crippen molar-refractivity contribution in [2.45, 2.75) is 52.3 Å². The topological polar surface area (TPSA) is 129 Å². The summed E-state index contributed by atoms with van der Waals surface area (Å²) in [5.74, 6) is -2.31. The van der Waals surface area contributed by atoms with Gasteiger partial charge in [-0.1, -0.05) is 44.2 Å². The molecule has 0 saturated heterocycles.